The highest BCUT2D eigenvalue weighted by molar-refractivity contribution is 6.20. The van der Waals surface area contributed by atoms with E-state index < -0.39 is 98.3 Å². The Morgan fingerprint density at radius 2 is 1.57 bits per heavy atom. The molecule has 0 aliphatic carbocycles. The number of hydrogen-bond acceptors (Lipinski definition) is 7. The van der Waals surface area contributed by atoms with Crippen molar-refractivity contribution < 1.29 is 54.6 Å². The number of para-hydroxylation sites is 1. The predicted octanol–water partition coefficient (Wildman–Crippen LogP) is 4.65. The maximum atomic E-state index is 14.4. The molecule has 2 aromatic carbocycles. The third kappa shape index (κ3) is 10.5. The van der Waals surface area contributed by atoms with E-state index in [1.165, 1.54) is 18.2 Å². The molecule has 3 rings (SSSR count). The molecule has 49 heavy (non-hydrogen) atoms. The van der Waals surface area contributed by atoms with Gasteiger partial charge in [0, 0.05) is 35.8 Å². The van der Waals surface area contributed by atoms with Crippen LogP contribution in [-0.4, -0.2) is 60.7 Å². The molecular formula is C32H36F7N5O5. The van der Waals surface area contributed by atoms with Crippen molar-refractivity contribution in [1.29, 1.82) is 0 Å². The number of hydrogen-bond donors (Lipinski definition) is 3. The van der Waals surface area contributed by atoms with Gasteiger partial charge < -0.3 is 21.5 Å². The fourth-order valence-corrected chi connectivity index (χ4v) is 5.24. The number of aryl methyl sites for hydroxylation is 1. The van der Waals surface area contributed by atoms with Crippen LogP contribution in [0.4, 0.5) is 36.4 Å². The summed E-state index contributed by atoms with van der Waals surface area (Å²) in [5.74, 6) is -9.99. The van der Waals surface area contributed by atoms with Crippen LogP contribution < -0.4 is 21.7 Å². The molecule has 0 spiro atoms. The molecule has 0 radical (unpaired) electrons. The van der Waals surface area contributed by atoms with Gasteiger partial charge in [0.15, 0.2) is 6.73 Å². The maximum absolute atomic E-state index is 14.4. The number of nitrogens with zero attached hydrogens (tertiary/aromatic N) is 2. The van der Waals surface area contributed by atoms with Crippen molar-refractivity contribution in [3.63, 3.8) is 0 Å². The van der Waals surface area contributed by atoms with Gasteiger partial charge in [0.25, 0.3) is 5.91 Å². The fraction of sp³-hybridized carbons (Fsp3) is 0.469. The Hall–Kier alpha value is -4.54. The van der Waals surface area contributed by atoms with Gasteiger partial charge in [0.1, 0.15) is 11.9 Å². The monoisotopic (exact) mass is 703 g/mol. The molecule has 1 aliphatic heterocycles. The molecule has 3 amide bonds. The van der Waals surface area contributed by atoms with Crippen molar-refractivity contribution in [2.24, 2.45) is 34.2 Å². The van der Waals surface area contributed by atoms with Gasteiger partial charge in [0.2, 0.25) is 18.0 Å². The molecule has 4 atom stereocenters. The first kappa shape index (κ1) is 38.9. The number of esters is 1. The molecule has 10 nitrogen and oxygen atoms in total. The number of primary amides is 1. The number of nitrogens with one attached hydrogen (secondary N) is 1. The number of fused-ring (bicyclic) bond motifs is 1. The van der Waals surface area contributed by atoms with E-state index in [4.69, 9.17) is 16.2 Å². The number of rotatable bonds is 13. The Morgan fingerprint density at radius 1 is 0.980 bits per heavy atom. The number of halogens is 7. The predicted molar refractivity (Wildman–Crippen MR) is 163 cm³/mol. The second-order valence-corrected chi connectivity index (χ2v) is 11.9. The zero-order valence-electron chi connectivity index (χ0n) is 26.7. The summed E-state index contributed by atoms with van der Waals surface area (Å²) >= 11 is 0. The summed E-state index contributed by atoms with van der Waals surface area (Å²) in [5.41, 5.74) is 12.0. The molecule has 1 aliphatic rings. The average Bonchev–Trinajstić information content (AvgIpc) is 3.10. The summed E-state index contributed by atoms with van der Waals surface area (Å²) in [4.78, 5) is 58.0. The van der Waals surface area contributed by atoms with E-state index in [0.29, 0.717) is 5.56 Å². The number of benzodiazepines with no additional fused rings is 1. The van der Waals surface area contributed by atoms with E-state index in [-0.39, 0.29) is 28.4 Å². The average molecular weight is 704 g/mol. The van der Waals surface area contributed by atoms with Crippen molar-refractivity contribution in [3.8, 4) is 0 Å². The minimum Gasteiger partial charge on any atom is -0.443 e. The molecule has 1 heterocycles. The number of ether oxygens (including phenoxy) is 1. The first-order valence-corrected chi connectivity index (χ1v) is 15.1. The van der Waals surface area contributed by atoms with Gasteiger partial charge in [-0.1, -0.05) is 44.2 Å². The number of aliphatic imine (C=N–C) groups is 1. The van der Waals surface area contributed by atoms with Gasteiger partial charge in [-0.15, -0.1) is 0 Å². The Balaban J connectivity index is 2.15. The number of carbonyl (C=O) groups is 4. The summed E-state index contributed by atoms with van der Waals surface area (Å²) in [7, 11) is 0. The van der Waals surface area contributed by atoms with Crippen LogP contribution in [-0.2, 0) is 23.9 Å². The number of nitrogens with two attached hydrogens (primary N) is 2. The van der Waals surface area contributed by atoms with Crippen LogP contribution in [0, 0.1) is 30.5 Å². The molecule has 0 unspecified atom stereocenters. The smallest absolute Gasteiger partial charge is 0.389 e. The first-order valence-electron chi connectivity index (χ1n) is 15.1. The SMILES string of the molecule is Cc1cccc2c1N(COC(=O)[C@@H](N)C(C)C)C(=O)[C@@H](NC(=O)[C@H](CCC(F)(F)F)[C@H](CCC(F)(F)F)C(N)=O)N=C2c1cccc(F)c1. The lowest BCUT2D eigenvalue weighted by Gasteiger charge is -2.29. The lowest BCUT2D eigenvalue weighted by molar-refractivity contribution is -0.152. The molecule has 0 bridgehead atoms. The summed E-state index contributed by atoms with van der Waals surface area (Å²) < 4.78 is 98.8. The van der Waals surface area contributed by atoms with Gasteiger partial charge >= 0.3 is 18.3 Å². The summed E-state index contributed by atoms with van der Waals surface area (Å²) in [5, 5.41) is 2.17. The Bertz CT molecular complexity index is 1580. The topological polar surface area (TPSA) is 157 Å². The normalized spacial score (nSPS) is 17.1. The molecule has 2 aromatic rings. The standard InChI is InChI=1S/C32H36F7N5O5/c1-16(2)23(40)30(48)49-15-44-25-17(3)6-4-9-22(25)24(18-7-5-8-19(33)14-18)42-27(29(44)47)43-28(46)21(11-13-32(37,38)39)20(26(41)45)10-12-31(34,35)36/h4-9,14,16,20-21,23,27H,10-13,15,40H2,1-3H3,(H2,41,45)(H,43,46)/t20-,21+,23-,27+/m0/s1. The molecule has 268 valence electrons. The number of amides is 3. The highest BCUT2D eigenvalue weighted by atomic mass is 19.4. The van der Waals surface area contributed by atoms with Crippen molar-refractivity contribution in [2.45, 2.75) is 71.0 Å². The van der Waals surface area contributed by atoms with Crippen LogP contribution in [0.1, 0.15) is 56.2 Å². The summed E-state index contributed by atoms with van der Waals surface area (Å²) in [6, 6.07) is 8.54. The lowest BCUT2D eigenvalue weighted by atomic mass is 9.83. The van der Waals surface area contributed by atoms with E-state index in [0.717, 1.165) is 17.0 Å². The van der Waals surface area contributed by atoms with Crippen LogP contribution in [0.2, 0.25) is 0 Å². The number of anilines is 1. The quantitative estimate of drug-likeness (QED) is 0.204. The molecule has 5 N–H and O–H groups in total. The molecule has 0 saturated carbocycles. The minimum atomic E-state index is -4.87. The molecule has 0 saturated heterocycles. The number of carbonyl (C=O) groups excluding carboxylic acids is 4. The van der Waals surface area contributed by atoms with Crippen molar-refractivity contribution in [3.05, 3.63) is 65.0 Å². The van der Waals surface area contributed by atoms with Gasteiger partial charge in [-0.2, -0.15) is 26.3 Å². The Morgan fingerprint density at radius 3 is 2.12 bits per heavy atom. The summed E-state index contributed by atoms with van der Waals surface area (Å²) in [6.45, 7) is 4.11. The highest BCUT2D eigenvalue weighted by Gasteiger charge is 2.42. The van der Waals surface area contributed by atoms with Crippen LogP contribution in [0.3, 0.4) is 0 Å². The molecule has 0 fully saturated rings. The van der Waals surface area contributed by atoms with Gasteiger partial charge in [-0.3, -0.25) is 24.1 Å². The van der Waals surface area contributed by atoms with Crippen LogP contribution >= 0.6 is 0 Å². The number of alkyl halides is 6. The first-order chi connectivity index (χ1) is 22.7. The van der Waals surface area contributed by atoms with Crippen LogP contribution in [0.15, 0.2) is 47.5 Å². The maximum Gasteiger partial charge on any atom is 0.389 e. The third-order valence-corrected chi connectivity index (χ3v) is 7.89. The molecule has 0 aromatic heterocycles. The minimum absolute atomic E-state index is 0.0695. The summed E-state index contributed by atoms with van der Waals surface area (Å²) in [6.07, 6.45) is -17.3. The fourth-order valence-electron chi connectivity index (χ4n) is 5.24. The zero-order chi connectivity index (χ0) is 36.8. The van der Waals surface area contributed by atoms with Gasteiger partial charge in [-0.25, -0.2) is 9.38 Å². The molecule has 17 heteroatoms. The van der Waals surface area contributed by atoms with Gasteiger partial charge in [0.05, 0.1) is 11.4 Å². The molecular weight excluding hydrogens is 667 g/mol. The third-order valence-electron chi connectivity index (χ3n) is 7.89. The Kier molecular flexibility index (Phi) is 12.5. The van der Waals surface area contributed by atoms with Crippen molar-refractivity contribution in [1.82, 2.24) is 5.32 Å². The second-order valence-electron chi connectivity index (χ2n) is 11.9. The van der Waals surface area contributed by atoms with E-state index >= 15 is 0 Å². The van der Waals surface area contributed by atoms with E-state index in [2.05, 4.69) is 10.3 Å². The van der Waals surface area contributed by atoms with Crippen LogP contribution in [0.5, 0.6) is 0 Å². The highest BCUT2D eigenvalue weighted by Crippen LogP contribution is 2.34. The van der Waals surface area contributed by atoms with E-state index in [1.54, 1.807) is 32.9 Å². The largest absolute Gasteiger partial charge is 0.443 e. The van der Waals surface area contributed by atoms with Crippen molar-refractivity contribution >= 4 is 35.1 Å². The number of benzene rings is 2. The second kappa shape index (κ2) is 15.8. The Labute approximate surface area is 277 Å². The van der Waals surface area contributed by atoms with E-state index in [9.17, 15) is 49.9 Å². The van der Waals surface area contributed by atoms with Crippen LogP contribution in [0.25, 0.3) is 0 Å². The van der Waals surface area contributed by atoms with Gasteiger partial charge in [-0.05, 0) is 43.4 Å². The van der Waals surface area contributed by atoms with Crippen molar-refractivity contribution in [2.75, 3.05) is 11.6 Å². The lowest BCUT2D eigenvalue weighted by Crippen LogP contribution is -2.52. The van der Waals surface area contributed by atoms with E-state index in [1.807, 2.05) is 0 Å². The zero-order valence-corrected chi connectivity index (χ0v) is 26.7.